The van der Waals surface area contributed by atoms with Gasteiger partial charge in [0.05, 0.1) is 16.8 Å². The van der Waals surface area contributed by atoms with E-state index in [9.17, 15) is 4.79 Å². The molecule has 0 spiro atoms. The molecule has 1 saturated heterocycles. The molecule has 25 heavy (non-hydrogen) atoms. The number of para-hydroxylation sites is 1. The Morgan fingerprint density at radius 2 is 1.80 bits per heavy atom. The quantitative estimate of drug-likeness (QED) is 0.904. The third-order valence-corrected chi connectivity index (χ3v) is 5.04. The molecule has 0 aromatic heterocycles. The Balaban J connectivity index is 1.57. The van der Waals surface area contributed by atoms with Gasteiger partial charge in [-0.2, -0.15) is 0 Å². The summed E-state index contributed by atoms with van der Waals surface area (Å²) in [4.78, 5) is 17.0. The predicted octanol–water partition coefficient (Wildman–Crippen LogP) is 3.80. The third kappa shape index (κ3) is 4.33. The standard InChI is InChI=1S/C20H24ClN3O/c1-15-6-5-7-17(14-15)22-20(25)16(2)23-10-12-24(13-11-23)19-9-4-3-8-18(19)21/h3-9,14,16H,10-13H2,1-2H3,(H,22,25). The zero-order chi connectivity index (χ0) is 17.8. The van der Waals surface area contributed by atoms with Gasteiger partial charge in [-0.1, -0.05) is 35.9 Å². The van der Waals surface area contributed by atoms with Gasteiger partial charge in [0.2, 0.25) is 5.91 Å². The van der Waals surface area contributed by atoms with Crippen LogP contribution >= 0.6 is 11.6 Å². The lowest BCUT2D eigenvalue weighted by atomic mass is 10.1. The second-order valence-electron chi connectivity index (χ2n) is 6.51. The molecule has 1 amide bonds. The van der Waals surface area contributed by atoms with Crippen LogP contribution in [0.3, 0.4) is 0 Å². The highest BCUT2D eigenvalue weighted by Gasteiger charge is 2.26. The molecule has 1 atom stereocenters. The fraction of sp³-hybridized carbons (Fsp3) is 0.350. The van der Waals surface area contributed by atoms with Crippen LogP contribution in [0.1, 0.15) is 12.5 Å². The van der Waals surface area contributed by atoms with E-state index in [0.29, 0.717) is 0 Å². The smallest absolute Gasteiger partial charge is 0.241 e. The van der Waals surface area contributed by atoms with Crippen LogP contribution in [0.2, 0.25) is 5.02 Å². The molecular weight excluding hydrogens is 334 g/mol. The number of hydrogen-bond donors (Lipinski definition) is 1. The average Bonchev–Trinajstić information content (AvgIpc) is 2.62. The Kier molecular flexibility index (Phi) is 5.61. The van der Waals surface area contributed by atoms with Crippen LogP contribution in [0, 0.1) is 6.92 Å². The highest BCUT2D eigenvalue weighted by atomic mass is 35.5. The maximum Gasteiger partial charge on any atom is 0.241 e. The van der Waals surface area contributed by atoms with Gasteiger partial charge in [-0.05, 0) is 43.7 Å². The molecule has 1 fully saturated rings. The summed E-state index contributed by atoms with van der Waals surface area (Å²) < 4.78 is 0. The van der Waals surface area contributed by atoms with Crippen molar-refractivity contribution in [3.8, 4) is 0 Å². The number of amides is 1. The first-order chi connectivity index (χ1) is 12.0. The highest BCUT2D eigenvalue weighted by molar-refractivity contribution is 6.33. The largest absolute Gasteiger partial charge is 0.368 e. The van der Waals surface area contributed by atoms with Crippen LogP contribution in [0.4, 0.5) is 11.4 Å². The number of carbonyl (C=O) groups excluding carboxylic acids is 1. The van der Waals surface area contributed by atoms with Crippen molar-refractivity contribution in [1.29, 1.82) is 0 Å². The van der Waals surface area contributed by atoms with Crippen molar-refractivity contribution < 1.29 is 4.79 Å². The number of piperazine rings is 1. The number of anilines is 2. The average molecular weight is 358 g/mol. The van der Waals surface area contributed by atoms with E-state index >= 15 is 0 Å². The zero-order valence-electron chi connectivity index (χ0n) is 14.7. The molecule has 2 aromatic carbocycles. The maximum absolute atomic E-state index is 12.5. The van der Waals surface area contributed by atoms with E-state index in [2.05, 4.69) is 15.1 Å². The van der Waals surface area contributed by atoms with Crippen LogP contribution in [0.25, 0.3) is 0 Å². The van der Waals surface area contributed by atoms with Crippen molar-refractivity contribution in [2.24, 2.45) is 0 Å². The normalized spacial score (nSPS) is 16.5. The Morgan fingerprint density at radius 3 is 2.48 bits per heavy atom. The van der Waals surface area contributed by atoms with Crippen LogP contribution in [-0.2, 0) is 4.79 Å². The molecule has 1 N–H and O–H groups in total. The molecule has 0 bridgehead atoms. The fourth-order valence-corrected chi connectivity index (χ4v) is 3.45. The second kappa shape index (κ2) is 7.89. The summed E-state index contributed by atoms with van der Waals surface area (Å²) in [5.41, 5.74) is 3.06. The van der Waals surface area contributed by atoms with Crippen molar-refractivity contribution in [2.75, 3.05) is 36.4 Å². The fourth-order valence-electron chi connectivity index (χ4n) is 3.19. The SMILES string of the molecule is Cc1cccc(NC(=O)C(C)N2CCN(c3ccccc3Cl)CC2)c1. The molecule has 5 heteroatoms. The van der Waals surface area contributed by atoms with E-state index in [0.717, 1.165) is 48.1 Å². The number of halogens is 1. The van der Waals surface area contributed by atoms with E-state index in [1.54, 1.807) is 0 Å². The van der Waals surface area contributed by atoms with E-state index in [4.69, 9.17) is 11.6 Å². The number of benzene rings is 2. The van der Waals surface area contributed by atoms with Crippen molar-refractivity contribution >= 4 is 28.9 Å². The number of nitrogens with one attached hydrogen (secondary N) is 1. The summed E-state index contributed by atoms with van der Waals surface area (Å²) in [5.74, 6) is 0.0387. The summed E-state index contributed by atoms with van der Waals surface area (Å²) in [6.45, 7) is 7.40. The van der Waals surface area contributed by atoms with Crippen molar-refractivity contribution in [3.63, 3.8) is 0 Å². The topological polar surface area (TPSA) is 35.6 Å². The van der Waals surface area contributed by atoms with E-state index in [1.807, 2.05) is 62.4 Å². The number of rotatable bonds is 4. The molecule has 2 aromatic rings. The highest BCUT2D eigenvalue weighted by Crippen LogP contribution is 2.26. The predicted molar refractivity (Wildman–Crippen MR) is 105 cm³/mol. The van der Waals surface area contributed by atoms with Crippen molar-refractivity contribution in [3.05, 3.63) is 59.1 Å². The minimum Gasteiger partial charge on any atom is -0.368 e. The number of nitrogens with zero attached hydrogens (tertiary/aromatic N) is 2. The molecule has 1 aliphatic rings. The maximum atomic E-state index is 12.5. The first-order valence-electron chi connectivity index (χ1n) is 8.65. The lowest BCUT2D eigenvalue weighted by molar-refractivity contribution is -0.120. The van der Waals surface area contributed by atoms with Crippen LogP contribution < -0.4 is 10.2 Å². The van der Waals surface area contributed by atoms with E-state index in [-0.39, 0.29) is 11.9 Å². The minimum absolute atomic E-state index is 0.0387. The number of carbonyl (C=O) groups is 1. The van der Waals surface area contributed by atoms with Crippen LogP contribution in [0.15, 0.2) is 48.5 Å². The van der Waals surface area contributed by atoms with E-state index < -0.39 is 0 Å². The van der Waals surface area contributed by atoms with Gasteiger partial charge in [0.1, 0.15) is 0 Å². The van der Waals surface area contributed by atoms with Crippen molar-refractivity contribution in [1.82, 2.24) is 4.90 Å². The summed E-state index contributed by atoms with van der Waals surface area (Å²) in [6.07, 6.45) is 0. The third-order valence-electron chi connectivity index (χ3n) is 4.72. The molecule has 4 nitrogen and oxygen atoms in total. The van der Waals surface area contributed by atoms with Gasteiger partial charge in [0, 0.05) is 31.9 Å². The van der Waals surface area contributed by atoms with Crippen LogP contribution in [0.5, 0.6) is 0 Å². The molecule has 132 valence electrons. The number of hydrogen-bond acceptors (Lipinski definition) is 3. The molecule has 3 rings (SSSR count). The molecule has 1 heterocycles. The van der Waals surface area contributed by atoms with Crippen LogP contribution in [-0.4, -0.2) is 43.0 Å². The molecule has 0 saturated carbocycles. The summed E-state index contributed by atoms with van der Waals surface area (Å²) in [7, 11) is 0. The van der Waals surface area contributed by atoms with Gasteiger partial charge in [0.15, 0.2) is 0 Å². The summed E-state index contributed by atoms with van der Waals surface area (Å²) >= 11 is 6.29. The number of aryl methyl sites for hydroxylation is 1. The van der Waals surface area contributed by atoms with Gasteiger partial charge >= 0.3 is 0 Å². The molecule has 1 unspecified atom stereocenters. The minimum atomic E-state index is -0.158. The summed E-state index contributed by atoms with van der Waals surface area (Å²) in [5, 5.41) is 3.80. The Bertz CT molecular complexity index is 741. The summed E-state index contributed by atoms with van der Waals surface area (Å²) in [6, 6.07) is 15.6. The Hall–Kier alpha value is -2.04. The zero-order valence-corrected chi connectivity index (χ0v) is 15.5. The first kappa shape index (κ1) is 17.8. The lowest BCUT2D eigenvalue weighted by Gasteiger charge is -2.38. The van der Waals surface area contributed by atoms with Gasteiger partial charge in [-0.15, -0.1) is 0 Å². The monoisotopic (exact) mass is 357 g/mol. The molecule has 0 aliphatic carbocycles. The van der Waals surface area contributed by atoms with Gasteiger partial charge < -0.3 is 10.2 Å². The van der Waals surface area contributed by atoms with Gasteiger partial charge in [-0.3, -0.25) is 9.69 Å². The molecule has 0 radical (unpaired) electrons. The second-order valence-corrected chi connectivity index (χ2v) is 6.92. The Labute approximate surface area is 154 Å². The molecule has 1 aliphatic heterocycles. The lowest BCUT2D eigenvalue weighted by Crippen LogP contribution is -2.52. The first-order valence-corrected chi connectivity index (χ1v) is 9.03. The van der Waals surface area contributed by atoms with Gasteiger partial charge in [0.25, 0.3) is 0 Å². The molecular formula is C20H24ClN3O. The van der Waals surface area contributed by atoms with Gasteiger partial charge in [-0.25, -0.2) is 0 Å². The van der Waals surface area contributed by atoms with E-state index in [1.165, 1.54) is 0 Å². The Morgan fingerprint density at radius 1 is 1.08 bits per heavy atom. The van der Waals surface area contributed by atoms with Crippen molar-refractivity contribution in [2.45, 2.75) is 19.9 Å².